The molecule has 0 radical (unpaired) electrons. The maximum absolute atomic E-state index is 11.3. The van der Waals surface area contributed by atoms with E-state index in [1.165, 1.54) is 38.5 Å². The van der Waals surface area contributed by atoms with Crippen molar-refractivity contribution in [2.75, 3.05) is 0 Å². The summed E-state index contributed by atoms with van der Waals surface area (Å²) >= 11 is 0. The van der Waals surface area contributed by atoms with Crippen LogP contribution in [0.1, 0.15) is 113 Å². The minimum absolute atomic E-state index is 0.0378. The van der Waals surface area contributed by atoms with Gasteiger partial charge in [0.2, 0.25) is 0 Å². The molecule has 4 aliphatic rings. The Balaban J connectivity index is 1.47. The van der Waals surface area contributed by atoms with Gasteiger partial charge in [0, 0.05) is 0 Å². The number of hydrogen-bond acceptors (Lipinski definition) is 3. The summed E-state index contributed by atoms with van der Waals surface area (Å²) in [4.78, 5) is 0. The van der Waals surface area contributed by atoms with Crippen LogP contribution in [-0.4, -0.2) is 33.6 Å². The normalized spacial score (nSPS) is 48.7. The lowest BCUT2D eigenvalue weighted by atomic mass is 9.43. The quantitative estimate of drug-likeness (QED) is 0.400. The Hall–Kier alpha value is -0.120. The summed E-state index contributed by atoms with van der Waals surface area (Å²) in [6, 6.07) is 0. The van der Waals surface area contributed by atoms with E-state index in [9.17, 15) is 15.3 Å². The lowest BCUT2D eigenvalue weighted by Gasteiger charge is -2.62. The van der Waals surface area contributed by atoms with Crippen molar-refractivity contribution in [3.05, 3.63) is 0 Å². The van der Waals surface area contributed by atoms with Gasteiger partial charge in [0.05, 0.1) is 18.3 Å². The van der Waals surface area contributed by atoms with Crippen LogP contribution in [0.25, 0.3) is 0 Å². The number of aliphatic hydroxyl groups is 3. The van der Waals surface area contributed by atoms with Crippen molar-refractivity contribution in [2.45, 2.75) is 131 Å². The fourth-order valence-corrected chi connectivity index (χ4v) is 9.96. The molecule has 0 amide bonds. The van der Waals surface area contributed by atoms with Crippen molar-refractivity contribution >= 4 is 0 Å². The topological polar surface area (TPSA) is 60.7 Å². The fourth-order valence-electron chi connectivity index (χ4n) is 9.96. The number of rotatable bonds is 6. The van der Waals surface area contributed by atoms with Crippen molar-refractivity contribution in [1.29, 1.82) is 0 Å². The van der Waals surface area contributed by atoms with Crippen LogP contribution in [-0.2, 0) is 0 Å². The Labute approximate surface area is 210 Å². The van der Waals surface area contributed by atoms with E-state index in [1.807, 2.05) is 0 Å². The van der Waals surface area contributed by atoms with Crippen LogP contribution in [0.4, 0.5) is 0 Å². The summed E-state index contributed by atoms with van der Waals surface area (Å²) in [5.74, 6) is 5.03. The van der Waals surface area contributed by atoms with Crippen LogP contribution < -0.4 is 0 Å². The molecule has 34 heavy (non-hydrogen) atoms. The second kappa shape index (κ2) is 9.32. The summed E-state index contributed by atoms with van der Waals surface area (Å²) in [5.41, 5.74) is 0.749. The molecule has 0 aliphatic heterocycles. The fraction of sp³-hybridized carbons (Fsp3) is 1.00. The zero-order valence-electron chi connectivity index (χ0n) is 23.6. The Morgan fingerprint density at radius 3 is 2.06 bits per heavy atom. The van der Waals surface area contributed by atoms with E-state index in [-0.39, 0.29) is 17.4 Å². The van der Waals surface area contributed by atoms with Crippen molar-refractivity contribution < 1.29 is 15.3 Å². The smallest absolute Gasteiger partial charge is 0.0804 e. The number of fused-ring (bicyclic) bond motifs is 5. The Bertz CT molecular complexity index is 717. The van der Waals surface area contributed by atoms with Gasteiger partial charge in [-0.3, -0.25) is 0 Å². The molecular formula is C31H56O3. The molecule has 4 aliphatic carbocycles. The van der Waals surface area contributed by atoms with E-state index in [0.29, 0.717) is 47.3 Å². The predicted molar refractivity (Wildman–Crippen MR) is 140 cm³/mol. The SMILES string of the molecule is CC(C)C(C)(C)C(C)CC[C@@H](C)[C@H]1CC[C@H]2[C@@H]3C[C@H](O)C4C[C@H](O)[C@@H](O)C[C@]4(C)[C@H]3CC[C@]12C. The maximum atomic E-state index is 11.3. The highest BCUT2D eigenvalue weighted by Gasteiger charge is 2.63. The monoisotopic (exact) mass is 476 g/mol. The third-order valence-corrected chi connectivity index (χ3v) is 13.3. The van der Waals surface area contributed by atoms with E-state index in [4.69, 9.17) is 0 Å². The minimum Gasteiger partial charge on any atom is -0.393 e. The highest BCUT2D eigenvalue weighted by Crippen LogP contribution is 2.68. The molecule has 0 saturated heterocycles. The highest BCUT2D eigenvalue weighted by atomic mass is 16.3. The molecular weight excluding hydrogens is 420 g/mol. The summed E-state index contributed by atoms with van der Waals surface area (Å²) < 4.78 is 0. The van der Waals surface area contributed by atoms with E-state index >= 15 is 0 Å². The molecule has 0 aromatic rings. The highest BCUT2D eigenvalue weighted by molar-refractivity contribution is 5.12. The second-order valence-corrected chi connectivity index (χ2v) is 15.0. The van der Waals surface area contributed by atoms with Crippen LogP contribution in [0, 0.1) is 63.6 Å². The van der Waals surface area contributed by atoms with Crippen LogP contribution in [0.3, 0.4) is 0 Å². The van der Waals surface area contributed by atoms with Gasteiger partial charge >= 0.3 is 0 Å². The first-order chi connectivity index (χ1) is 15.7. The molecule has 4 saturated carbocycles. The van der Waals surface area contributed by atoms with Crippen molar-refractivity contribution in [3.8, 4) is 0 Å². The molecule has 3 N–H and O–H groups in total. The third-order valence-electron chi connectivity index (χ3n) is 13.3. The molecule has 0 bridgehead atoms. The van der Waals surface area contributed by atoms with Crippen molar-refractivity contribution in [3.63, 3.8) is 0 Å². The molecule has 0 spiro atoms. The molecule has 198 valence electrons. The van der Waals surface area contributed by atoms with Crippen LogP contribution in [0.2, 0.25) is 0 Å². The number of hydrogen-bond donors (Lipinski definition) is 3. The van der Waals surface area contributed by atoms with Gasteiger partial charge in [-0.25, -0.2) is 0 Å². The Morgan fingerprint density at radius 1 is 0.765 bits per heavy atom. The lowest BCUT2D eigenvalue weighted by molar-refractivity contribution is -0.195. The minimum atomic E-state index is -0.669. The molecule has 0 aromatic carbocycles. The average molecular weight is 477 g/mol. The molecule has 4 fully saturated rings. The van der Waals surface area contributed by atoms with E-state index in [2.05, 4.69) is 55.4 Å². The van der Waals surface area contributed by atoms with Crippen LogP contribution >= 0.6 is 0 Å². The van der Waals surface area contributed by atoms with Gasteiger partial charge in [-0.1, -0.05) is 61.8 Å². The molecule has 2 unspecified atom stereocenters. The van der Waals surface area contributed by atoms with E-state index < -0.39 is 12.2 Å². The summed E-state index contributed by atoms with van der Waals surface area (Å²) in [5, 5.41) is 32.2. The first-order valence-corrected chi connectivity index (χ1v) is 14.8. The molecule has 3 nitrogen and oxygen atoms in total. The number of aliphatic hydroxyl groups excluding tert-OH is 3. The predicted octanol–water partition coefficient (Wildman–Crippen LogP) is 6.68. The summed E-state index contributed by atoms with van der Waals surface area (Å²) in [6.45, 7) is 19.6. The van der Waals surface area contributed by atoms with Gasteiger partial charge in [-0.15, -0.1) is 0 Å². The Morgan fingerprint density at radius 2 is 1.41 bits per heavy atom. The maximum Gasteiger partial charge on any atom is 0.0804 e. The van der Waals surface area contributed by atoms with Crippen molar-refractivity contribution in [1.82, 2.24) is 0 Å². The van der Waals surface area contributed by atoms with Crippen molar-refractivity contribution in [2.24, 2.45) is 63.6 Å². The first-order valence-electron chi connectivity index (χ1n) is 14.8. The third kappa shape index (κ3) is 4.22. The van der Waals surface area contributed by atoms with Gasteiger partial charge in [-0.2, -0.15) is 0 Å². The van der Waals surface area contributed by atoms with Gasteiger partial charge < -0.3 is 15.3 Å². The Kier molecular flexibility index (Phi) is 7.38. The summed E-state index contributed by atoms with van der Waals surface area (Å²) in [6.07, 6.45) is 8.38. The van der Waals surface area contributed by atoms with Gasteiger partial charge in [0.15, 0.2) is 0 Å². The molecule has 3 heteroatoms. The molecule has 12 atom stereocenters. The lowest BCUT2D eigenvalue weighted by Crippen LogP contribution is -2.60. The van der Waals surface area contributed by atoms with E-state index in [1.54, 1.807) is 0 Å². The van der Waals surface area contributed by atoms with E-state index in [0.717, 1.165) is 24.2 Å². The summed E-state index contributed by atoms with van der Waals surface area (Å²) in [7, 11) is 0. The van der Waals surface area contributed by atoms with Gasteiger partial charge in [-0.05, 0) is 115 Å². The zero-order valence-corrected chi connectivity index (χ0v) is 23.6. The molecule has 4 rings (SSSR count). The molecule has 0 heterocycles. The molecule has 0 aromatic heterocycles. The van der Waals surface area contributed by atoms with Crippen LogP contribution in [0.15, 0.2) is 0 Å². The van der Waals surface area contributed by atoms with Gasteiger partial charge in [0.25, 0.3) is 0 Å². The largest absolute Gasteiger partial charge is 0.393 e. The average Bonchev–Trinajstić information content (AvgIpc) is 3.11. The van der Waals surface area contributed by atoms with Gasteiger partial charge in [0.1, 0.15) is 0 Å². The standard InChI is InChI=1S/C31H56O3/c1-18(2)29(5,6)20(4)10-9-19(3)22-11-12-23-21-15-26(32)25-16-27(33)28(34)17-31(25,8)24(21)13-14-30(22,23)7/h18-28,32-34H,9-17H2,1-8H3/t19-,20?,21+,22-,23+,24+,25?,26+,27+,28+,30-,31-/m1/s1. The van der Waals surface area contributed by atoms with Crippen LogP contribution in [0.5, 0.6) is 0 Å². The second-order valence-electron chi connectivity index (χ2n) is 15.0. The zero-order chi connectivity index (χ0) is 25.2. The first kappa shape index (κ1) is 26.9.